The second kappa shape index (κ2) is 15.8. The Morgan fingerprint density at radius 3 is 2.13 bits per heavy atom. The molecule has 0 radical (unpaired) electrons. The molecule has 2 fully saturated rings. The van der Waals surface area contributed by atoms with Gasteiger partial charge in [0.15, 0.2) is 0 Å². The molecule has 0 atom stereocenters. The van der Waals surface area contributed by atoms with E-state index in [0.717, 1.165) is 16.6 Å². The molecule has 3 aliphatic heterocycles. The van der Waals surface area contributed by atoms with Gasteiger partial charge in [-0.1, -0.05) is 35.9 Å². The number of fused-ring (bicyclic) bond motifs is 2. The van der Waals surface area contributed by atoms with E-state index >= 15 is 0 Å². The summed E-state index contributed by atoms with van der Waals surface area (Å²) in [4.78, 5) is 43.8. The van der Waals surface area contributed by atoms with Crippen LogP contribution in [0.25, 0.3) is 33.4 Å². The number of nitrogens with zero attached hydrogens (tertiary/aromatic N) is 4. The molecule has 4 aromatic rings. The molecule has 2 saturated heterocycles. The number of carbonyl (C=O) groups is 3. The molecule has 0 spiro atoms. The zero-order valence-electron chi connectivity index (χ0n) is 32.9. The molecule has 308 valence electrons. The van der Waals surface area contributed by atoms with Gasteiger partial charge in [0.2, 0.25) is 21.1 Å². The molecule has 16 heteroatoms. The lowest BCUT2D eigenvalue weighted by molar-refractivity contribution is -0.201. The number of hydrogen-bond acceptors (Lipinski definition) is 10. The van der Waals surface area contributed by atoms with E-state index < -0.39 is 43.8 Å². The summed E-state index contributed by atoms with van der Waals surface area (Å²) in [5.74, 6) is -2.10. The Labute approximate surface area is 346 Å². The summed E-state index contributed by atoms with van der Waals surface area (Å²) in [6.45, 7) is 2.05. The topological polar surface area (TPSA) is 175 Å². The zero-order chi connectivity index (χ0) is 42.5. The van der Waals surface area contributed by atoms with Crippen LogP contribution in [0.2, 0.25) is 0 Å². The van der Waals surface area contributed by atoms with Crippen LogP contribution in [0.5, 0.6) is 0 Å². The molecule has 3 heterocycles. The molecular weight excluding hydrogens is 809 g/mol. The van der Waals surface area contributed by atoms with Crippen molar-refractivity contribution in [1.29, 1.82) is 0 Å². The van der Waals surface area contributed by atoms with Crippen LogP contribution in [0.15, 0.2) is 123 Å². The number of benzene rings is 5. The van der Waals surface area contributed by atoms with Crippen molar-refractivity contribution < 1.29 is 45.0 Å². The summed E-state index contributed by atoms with van der Waals surface area (Å²) in [5.41, 5.74) is 5.59. The van der Waals surface area contributed by atoms with E-state index in [0.29, 0.717) is 49.9 Å². The maximum absolute atomic E-state index is 14.6. The summed E-state index contributed by atoms with van der Waals surface area (Å²) in [5, 5.41) is 1.97. The lowest BCUT2D eigenvalue weighted by Gasteiger charge is -2.31. The molecule has 4 aliphatic rings. The van der Waals surface area contributed by atoms with Crippen molar-refractivity contribution in [2.75, 3.05) is 32.1 Å². The number of amides is 2. The van der Waals surface area contributed by atoms with Crippen LogP contribution < -0.4 is 14.8 Å². The fraction of sp³-hybridized carbons (Fsp3) is 0.227. The highest BCUT2D eigenvalue weighted by molar-refractivity contribution is 7.89. The molecule has 1 aliphatic carbocycles. The Morgan fingerprint density at radius 2 is 1.47 bits per heavy atom. The summed E-state index contributed by atoms with van der Waals surface area (Å²) < 4.78 is 72.1. The minimum atomic E-state index is -4.38. The van der Waals surface area contributed by atoms with Gasteiger partial charge >= 0.3 is 5.97 Å². The van der Waals surface area contributed by atoms with Gasteiger partial charge in [-0.2, -0.15) is 17.3 Å². The maximum Gasteiger partial charge on any atom is 0.336 e. The fourth-order valence-corrected chi connectivity index (χ4v) is 9.82. The number of sulfonamides is 1. The van der Waals surface area contributed by atoms with Crippen LogP contribution in [0.4, 0.5) is 17.1 Å². The van der Waals surface area contributed by atoms with E-state index in [1.807, 2.05) is 84.1 Å². The Kier molecular flexibility index (Phi) is 10.7. The van der Waals surface area contributed by atoms with Crippen molar-refractivity contribution in [3.8, 4) is 22.5 Å². The maximum atomic E-state index is 14.6. The standard InChI is InChI=1S/C44H40N4O10S2/c1-28-8-10-30(11-9-28)45(2)32-14-18-35-38(26-32)57-39-27-33(46(3)31-12-16-34(17-13-31)60(54,55)56)15-19-36(39)43(35)37-6-4-5-7-40(37)59(52,53)47-24-22-29(23-25-47)44(51)58-48-41(49)20-21-42(48)50/h4-19,26-27,29H,20-25H2,1-3H3/p+1. The summed E-state index contributed by atoms with van der Waals surface area (Å²) in [7, 11) is -4.77. The van der Waals surface area contributed by atoms with Gasteiger partial charge in [-0.15, -0.1) is 5.06 Å². The van der Waals surface area contributed by atoms with Crippen LogP contribution in [0, 0.1) is 12.8 Å². The normalized spacial score (nSPS) is 16.1. The quantitative estimate of drug-likeness (QED) is 0.0752. The predicted octanol–water partition coefficient (Wildman–Crippen LogP) is 6.27. The SMILES string of the molecule is Cc1ccc([N+](C)=c2ccc3c(-c4ccccc4S(=O)(=O)N4CCC(C(=O)ON5C(=O)CCC5=O)CC4)c4ccc(N(C)c5ccc(S(=O)(=O)O)cc5)cc4oc-3c2)cc1. The molecule has 2 amide bonds. The molecule has 1 N–H and O–H groups in total. The number of carbonyl (C=O) groups excluding carboxylic acids is 3. The predicted molar refractivity (Wildman–Crippen MR) is 223 cm³/mol. The van der Waals surface area contributed by atoms with Gasteiger partial charge in [-0.3, -0.25) is 14.1 Å². The number of hydrogen-bond donors (Lipinski definition) is 1. The van der Waals surface area contributed by atoms with E-state index in [4.69, 9.17) is 9.25 Å². The Bertz CT molecular complexity index is 2940. The van der Waals surface area contributed by atoms with Gasteiger partial charge in [-0.05, 0) is 68.3 Å². The van der Waals surface area contributed by atoms with Crippen LogP contribution in [0.1, 0.15) is 31.2 Å². The average Bonchev–Trinajstić information content (AvgIpc) is 3.56. The van der Waals surface area contributed by atoms with Crippen LogP contribution >= 0.6 is 0 Å². The molecule has 0 aromatic heterocycles. The van der Waals surface area contributed by atoms with Gasteiger partial charge in [0.05, 0.1) is 21.8 Å². The van der Waals surface area contributed by atoms with Crippen molar-refractivity contribution in [1.82, 2.24) is 13.9 Å². The van der Waals surface area contributed by atoms with Crippen molar-refractivity contribution in [3.05, 3.63) is 120 Å². The zero-order valence-corrected chi connectivity index (χ0v) is 34.6. The fourth-order valence-electron chi connectivity index (χ4n) is 7.67. The van der Waals surface area contributed by atoms with E-state index in [1.54, 1.807) is 43.4 Å². The number of imide groups is 1. The van der Waals surface area contributed by atoms with E-state index in [-0.39, 0.29) is 48.6 Å². The number of hydroxylamine groups is 2. The molecular formula is C44H41N4O10S2+. The van der Waals surface area contributed by atoms with Crippen molar-refractivity contribution in [3.63, 3.8) is 0 Å². The summed E-state index contributed by atoms with van der Waals surface area (Å²) in [6.07, 6.45) is 0.225. The molecule has 0 unspecified atom stereocenters. The van der Waals surface area contributed by atoms with E-state index in [1.165, 1.54) is 16.4 Å². The number of aryl methyl sites for hydroxylation is 1. The Hall–Kier alpha value is -6.20. The van der Waals surface area contributed by atoms with Crippen molar-refractivity contribution in [2.24, 2.45) is 5.92 Å². The minimum Gasteiger partial charge on any atom is -0.456 e. The molecule has 0 saturated carbocycles. The Morgan fingerprint density at radius 1 is 0.817 bits per heavy atom. The molecule has 8 rings (SSSR count). The van der Waals surface area contributed by atoms with Crippen molar-refractivity contribution >= 4 is 66.0 Å². The molecule has 0 bridgehead atoms. The number of rotatable bonds is 9. The molecule has 60 heavy (non-hydrogen) atoms. The third kappa shape index (κ3) is 7.70. The van der Waals surface area contributed by atoms with Gasteiger partial charge in [0, 0.05) is 90.7 Å². The molecule has 14 nitrogen and oxygen atoms in total. The molecule has 4 aromatic carbocycles. The second-order valence-corrected chi connectivity index (χ2v) is 18.3. The van der Waals surface area contributed by atoms with Gasteiger partial charge in [-0.25, -0.2) is 13.2 Å². The second-order valence-electron chi connectivity index (χ2n) is 14.9. The first kappa shape index (κ1) is 40.6. The third-order valence-corrected chi connectivity index (χ3v) is 14.0. The third-order valence-electron chi connectivity index (χ3n) is 11.2. The smallest absolute Gasteiger partial charge is 0.336 e. The van der Waals surface area contributed by atoms with Gasteiger partial charge in [0.1, 0.15) is 18.4 Å². The largest absolute Gasteiger partial charge is 0.456 e. The lowest BCUT2D eigenvalue weighted by Crippen LogP contribution is -2.42. The van der Waals surface area contributed by atoms with Crippen molar-refractivity contribution in [2.45, 2.75) is 42.4 Å². The number of anilines is 2. The Balaban J connectivity index is 1.21. The van der Waals surface area contributed by atoms with Crippen LogP contribution in [-0.4, -0.2) is 75.7 Å². The highest BCUT2D eigenvalue weighted by Gasteiger charge is 2.38. The summed E-state index contributed by atoms with van der Waals surface area (Å²) >= 11 is 0. The van der Waals surface area contributed by atoms with E-state index in [2.05, 4.69) is 0 Å². The highest BCUT2D eigenvalue weighted by atomic mass is 32.2. The van der Waals surface area contributed by atoms with Gasteiger partial charge in [0.25, 0.3) is 21.9 Å². The van der Waals surface area contributed by atoms with Gasteiger partial charge < -0.3 is 14.2 Å². The van der Waals surface area contributed by atoms with Crippen LogP contribution in [0.3, 0.4) is 0 Å². The first-order valence-corrected chi connectivity index (χ1v) is 22.1. The lowest BCUT2D eigenvalue weighted by atomic mass is 9.93. The monoisotopic (exact) mass is 849 g/mol. The van der Waals surface area contributed by atoms with E-state index in [9.17, 15) is 35.8 Å². The number of piperidine rings is 1. The first-order chi connectivity index (χ1) is 28.6. The average molecular weight is 850 g/mol. The summed E-state index contributed by atoms with van der Waals surface area (Å²) in [6, 6.07) is 32.0. The van der Waals surface area contributed by atoms with Crippen LogP contribution in [-0.2, 0) is 39.4 Å². The highest BCUT2D eigenvalue weighted by Crippen LogP contribution is 2.44. The minimum absolute atomic E-state index is 0.0135. The first-order valence-electron chi connectivity index (χ1n) is 19.2.